The van der Waals surface area contributed by atoms with Crippen LogP contribution in [0, 0.1) is 5.92 Å². The molecule has 9 heteroatoms. The number of alkyl halides is 4. The molecule has 2 atom stereocenters. The molecule has 1 aromatic carbocycles. The Morgan fingerprint density at radius 2 is 2.06 bits per heavy atom. The summed E-state index contributed by atoms with van der Waals surface area (Å²) in [7, 11) is 0. The highest BCUT2D eigenvalue weighted by molar-refractivity contribution is 5.94. The standard InChI is InChI=1S/C23H23F4N3O2/c1-13(23(25,26)27)21-18-7-6-17(32-20-12-28-11-19(20)24)10-15(18)9-16(30-21)3-2-8-29-22(31)14-4-5-14/h2-3,6-7,9-10,14,19-20,28H,1,4-5,8,11-12H2,(H,29,31)/b3-2+/t19-,20+/m0/s1. The molecule has 4 rings (SSSR count). The third-order valence-electron chi connectivity index (χ3n) is 5.46. The lowest BCUT2D eigenvalue weighted by molar-refractivity contribution is -0.122. The number of carbonyl (C=O) groups is 1. The summed E-state index contributed by atoms with van der Waals surface area (Å²) in [5.41, 5.74) is -1.06. The van der Waals surface area contributed by atoms with Crippen molar-refractivity contribution in [2.75, 3.05) is 19.6 Å². The van der Waals surface area contributed by atoms with Crippen molar-refractivity contribution in [1.29, 1.82) is 0 Å². The lowest BCUT2D eigenvalue weighted by atomic mass is 10.0. The Hall–Kier alpha value is -2.94. The molecular formula is C23H23F4N3O2. The Morgan fingerprint density at radius 3 is 2.72 bits per heavy atom. The molecule has 170 valence electrons. The van der Waals surface area contributed by atoms with Crippen LogP contribution in [0.15, 0.2) is 36.9 Å². The number of rotatable bonds is 7. The van der Waals surface area contributed by atoms with Gasteiger partial charge in [0.15, 0.2) is 6.17 Å². The van der Waals surface area contributed by atoms with Crippen molar-refractivity contribution < 1.29 is 27.1 Å². The highest BCUT2D eigenvalue weighted by Gasteiger charge is 2.35. The largest absolute Gasteiger partial charge is 0.486 e. The topological polar surface area (TPSA) is 63.2 Å². The molecule has 1 aliphatic carbocycles. The number of pyridine rings is 1. The summed E-state index contributed by atoms with van der Waals surface area (Å²) >= 11 is 0. The number of fused-ring (bicyclic) bond motifs is 1. The van der Waals surface area contributed by atoms with E-state index in [1.165, 1.54) is 12.1 Å². The van der Waals surface area contributed by atoms with Crippen molar-refractivity contribution in [3.63, 3.8) is 0 Å². The van der Waals surface area contributed by atoms with Gasteiger partial charge in [-0.3, -0.25) is 4.79 Å². The molecule has 2 N–H and O–H groups in total. The average molecular weight is 449 g/mol. The number of ether oxygens (including phenoxy) is 1. The summed E-state index contributed by atoms with van der Waals surface area (Å²) in [6, 6.07) is 6.17. The second-order valence-corrected chi connectivity index (χ2v) is 8.01. The van der Waals surface area contributed by atoms with E-state index in [1.54, 1.807) is 24.3 Å². The molecule has 0 bridgehead atoms. The zero-order valence-corrected chi connectivity index (χ0v) is 17.2. The third-order valence-corrected chi connectivity index (χ3v) is 5.46. The molecule has 0 unspecified atom stereocenters. The maximum atomic E-state index is 13.9. The van der Waals surface area contributed by atoms with E-state index < -0.39 is 24.0 Å². The van der Waals surface area contributed by atoms with Gasteiger partial charge in [0.2, 0.25) is 5.91 Å². The average Bonchev–Trinajstić information content (AvgIpc) is 3.52. The van der Waals surface area contributed by atoms with Gasteiger partial charge in [0, 0.05) is 30.9 Å². The van der Waals surface area contributed by atoms with Gasteiger partial charge in [-0.15, -0.1) is 0 Å². The van der Waals surface area contributed by atoms with E-state index in [0.717, 1.165) is 12.8 Å². The fourth-order valence-corrected chi connectivity index (χ4v) is 3.52. The minimum absolute atomic E-state index is 0.0263. The van der Waals surface area contributed by atoms with Crippen LogP contribution in [0.5, 0.6) is 5.75 Å². The molecule has 1 aliphatic heterocycles. The minimum atomic E-state index is -4.65. The van der Waals surface area contributed by atoms with Crippen molar-refractivity contribution in [2.45, 2.75) is 31.3 Å². The van der Waals surface area contributed by atoms with Crippen LogP contribution < -0.4 is 15.4 Å². The maximum Gasteiger partial charge on any atom is 0.417 e. The van der Waals surface area contributed by atoms with Crippen LogP contribution in [-0.2, 0) is 4.79 Å². The molecule has 1 aromatic heterocycles. The maximum absolute atomic E-state index is 13.9. The van der Waals surface area contributed by atoms with Gasteiger partial charge in [-0.1, -0.05) is 12.7 Å². The zero-order valence-electron chi connectivity index (χ0n) is 17.2. The molecule has 32 heavy (non-hydrogen) atoms. The van der Waals surface area contributed by atoms with Gasteiger partial charge < -0.3 is 15.4 Å². The number of carbonyl (C=O) groups excluding carboxylic acids is 1. The van der Waals surface area contributed by atoms with Crippen LogP contribution >= 0.6 is 0 Å². The Labute approximate surface area is 182 Å². The molecule has 2 fully saturated rings. The highest BCUT2D eigenvalue weighted by Crippen LogP contribution is 2.36. The Morgan fingerprint density at radius 1 is 1.28 bits per heavy atom. The third kappa shape index (κ3) is 5.09. The number of nitrogens with zero attached hydrogens (tertiary/aromatic N) is 1. The van der Waals surface area contributed by atoms with Gasteiger partial charge in [0.05, 0.1) is 17.0 Å². The SMILES string of the molecule is C=C(c1nc(/C=C/CNC(=O)C2CC2)cc2cc(O[C@@H]3CNC[C@@H]3F)ccc12)C(F)(F)F. The number of benzene rings is 1. The summed E-state index contributed by atoms with van der Waals surface area (Å²) in [5.74, 6) is 0.401. The van der Waals surface area contributed by atoms with Gasteiger partial charge >= 0.3 is 6.18 Å². The second-order valence-electron chi connectivity index (χ2n) is 8.01. The van der Waals surface area contributed by atoms with E-state index in [4.69, 9.17) is 4.74 Å². The molecule has 2 heterocycles. The summed E-state index contributed by atoms with van der Waals surface area (Å²) < 4.78 is 59.7. The first kappa shape index (κ1) is 22.3. The van der Waals surface area contributed by atoms with E-state index in [0.29, 0.717) is 17.7 Å². The predicted molar refractivity (Wildman–Crippen MR) is 114 cm³/mol. The predicted octanol–water partition coefficient (Wildman–Crippen LogP) is 4.04. The first-order chi connectivity index (χ1) is 15.2. The summed E-state index contributed by atoms with van der Waals surface area (Å²) in [6.07, 6.45) is -1.52. The lowest BCUT2D eigenvalue weighted by Crippen LogP contribution is -2.26. The Kier molecular flexibility index (Phi) is 6.19. The quantitative estimate of drug-likeness (QED) is 0.627. The second kappa shape index (κ2) is 8.90. The van der Waals surface area contributed by atoms with E-state index in [-0.39, 0.29) is 41.7 Å². The molecule has 1 amide bonds. The molecule has 5 nitrogen and oxygen atoms in total. The van der Waals surface area contributed by atoms with Crippen LogP contribution in [0.4, 0.5) is 17.6 Å². The van der Waals surface area contributed by atoms with Crippen LogP contribution in [0.1, 0.15) is 24.2 Å². The smallest absolute Gasteiger partial charge is 0.417 e. The number of aromatic nitrogens is 1. The van der Waals surface area contributed by atoms with Crippen molar-refractivity contribution in [1.82, 2.24) is 15.6 Å². The summed E-state index contributed by atoms with van der Waals surface area (Å²) in [5, 5.41) is 6.37. The fraction of sp³-hybridized carbons (Fsp3) is 0.391. The van der Waals surface area contributed by atoms with Gasteiger partial charge in [-0.2, -0.15) is 13.2 Å². The van der Waals surface area contributed by atoms with Crippen molar-refractivity contribution in [3.05, 3.63) is 48.3 Å². The lowest BCUT2D eigenvalue weighted by Gasteiger charge is -2.17. The van der Waals surface area contributed by atoms with Crippen LogP contribution in [0.2, 0.25) is 0 Å². The van der Waals surface area contributed by atoms with Gasteiger partial charge in [0.1, 0.15) is 11.9 Å². The van der Waals surface area contributed by atoms with Crippen molar-refractivity contribution in [2.24, 2.45) is 5.92 Å². The van der Waals surface area contributed by atoms with Crippen LogP contribution in [-0.4, -0.2) is 49.0 Å². The van der Waals surface area contributed by atoms with Crippen LogP contribution in [0.3, 0.4) is 0 Å². The fourth-order valence-electron chi connectivity index (χ4n) is 3.52. The molecule has 2 aromatic rings. The van der Waals surface area contributed by atoms with Gasteiger partial charge in [-0.05, 0) is 48.6 Å². The highest BCUT2D eigenvalue weighted by atomic mass is 19.4. The van der Waals surface area contributed by atoms with Crippen molar-refractivity contribution >= 4 is 28.3 Å². The normalized spacial score (nSPS) is 21.2. The number of halogens is 4. The van der Waals surface area contributed by atoms with Gasteiger partial charge in [-0.25, -0.2) is 9.37 Å². The first-order valence-corrected chi connectivity index (χ1v) is 10.4. The first-order valence-electron chi connectivity index (χ1n) is 10.4. The van der Waals surface area contributed by atoms with Crippen LogP contribution in [0.25, 0.3) is 22.4 Å². The van der Waals surface area contributed by atoms with Crippen molar-refractivity contribution in [3.8, 4) is 5.75 Å². The Balaban J connectivity index is 1.62. The molecule has 1 saturated heterocycles. The number of allylic oxidation sites excluding steroid dienone is 1. The summed E-state index contributed by atoms with van der Waals surface area (Å²) in [6.45, 7) is 3.99. The van der Waals surface area contributed by atoms with Gasteiger partial charge in [0.25, 0.3) is 0 Å². The zero-order chi connectivity index (χ0) is 22.9. The number of hydrogen-bond donors (Lipinski definition) is 2. The Bertz CT molecular complexity index is 1060. The molecule has 0 spiro atoms. The van der Waals surface area contributed by atoms with E-state index in [1.807, 2.05) is 0 Å². The van der Waals surface area contributed by atoms with E-state index in [9.17, 15) is 22.4 Å². The molecule has 0 radical (unpaired) electrons. The number of hydrogen-bond acceptors (Lipinski definition) is 4. The molecular weight excluding hydrogens is 426 g/mol. The number of nitrogens with one attached hydrogen (secondary N) is 2. The minimum Gasteiger partial charge on any atom is -0.486 e. The van der Waals surface area contributed by atoms with E-state index >= 15 is 0 Å². The molecule has 1 saturated carbocycles. The van der Waals surface area contributed by atoms with E-state index in [2.05, 4.69) is 22.2 Å². The monoisotopic (exact) mass is 449 g/mol. The molecule has 2 aliphatic rings. The number of amides is 1. The summed E-state index contributed by atoms with van der Waals surface area (Å²) in [4.78, 5) is 15.9.